The summed E-state index contributed by atoms with van der Waals surface area (Å²) in [6.45, 7) is 0. The van der Waals surface area contributed by atoms with Gasteiger partial charge in [0.2, 0.25) is 0 Å². The van der Waals surface area contributed by atoms with Crippen LogP contribution in [-0.2, 0) is 0 Å². The van der Waals surface area contributed by atoms with Gasteiger partial charge in [0.05, 0.1) is 0 Å². The average molecular weight is 213 g/mol. The molecule has 0 aliphatic heterocycles. The molecule has 0 fully saturated rings. The minimum absolute atomic E-state index is 0.614. The van der Waals surface area contributed by atoms with E-state index in [1.54, 1.807) is 5.57 Å². The molecule has 0 aromatic heterocycles. The molecule has 0 bridgehead atoms. The lowest BCUT2D eigenvalue weighted by Gasteiger charge is -2.20. The number of hydrogen-bond donors (Lipinski definition) is 1. The van der Waals surface area contributed by atoms with Crippen LogP contribution in [0.25, 0.3) is 0 Å². The third kappa shape index (κ3) is 4.05. The van der Waals surface area contributed by atoms with Crippen molar-refractivity contribution in [3.8, 4) is 0 Å². The van der Waals surface area contributed by atoms with Crippen molar-refractivity contribution >= 4 is 11.8 Å². The quantitative estimate of drug-likeness (QED) is 0.720. The SMILES string of the molecule is CNC(CSC)C1=CCCCCCC1. The van der Waals surface area contributed by atoms with E-state index in [2.05, 4.69) is 24.7 Å². The van der Waals surface area contributed by atoms with Crippen LogP contribution >= 0.6 is 11.8 Å². The average Bonchev–Trinajstić information content (AvgIpc) is 2.15. The van der Waals surface area contributed by atoms with Crippen LogP contribution in [0.3, 0.4) is 0 Å². The smallest absolute Gasteiger partial charge is 0.0368 e. The van der Waals surface area contributed by atoms with E-state index >= 15 is 0 Å². The second-order valence-electron chi connectivity index (χ2n) is 4.03. The third-order valence-corrected chi connectivity index (χ3v) is 3.62. The summed E-state index contributed by atoms with van der Waals surface area (Å²) < 4.78 is 0. The van der Waals surface area contributed by atoms with Gasteiger partial charge in [0.1, 0.15) is 0 Å². The second kappa shape index (κ2) is 7.36. The Bertz CT molecular complexity index is 177. The van der Waals surface area contributed by atoms with Crippen LogP contribution in [0.15, 0.2) is 11.6 Å². The van der Waals surface area contributed by atoms with Crippen LogP contribution in [0, 0.1) is 0 Å². The molecular formula is C12H23NS. The predicted molar refractivity (Wildman–Crippen MR) is 67.0 cm³/mol. The second-order valence-corrected chi connectivity index (χ2v) is 4.94. The van der Waals surface area contributed by atoms with E-state index in [4.69, 9.17) is 0 Å². The Kier molecular flexibility index (Phi) is 6.37. The maximum atomic E-state index is 3.43. The first-order chi connectivity index (χ1) is 6.88. The lowest BCUT2D eigenvalue weighted by atomic mass is 9.96. The van der Waals surface area contributed by atoms with E-state index < -0.39 is 0 Å². The summed E-state index contributed by atoms with van der Waals surface area (Å²) in [6.07, 6.45) is 12.9. The molecule has 82 valence electrons. The molecule has 1 rings (SSSR count). The minimum Gasteiger partial charge on any atom is -0.313 e. The molecule has 0 heterocycles. The number of rotatable bonds is 4. The van der Waals surface area contributed by atoms with Crippen molar-refractivity contribution in [1.82, 2.24) is 5.32 Å². The summed E-state index contributed by atoms with van der Waals surface area (Å²) >= 11 is 1.94. The van der Waals surface area contributed by atoms with Gasteiger partial charge in [-0.2, -0.15) is 11.8 Å². The number of allylic oxidation sites excluding steroid dienone is 1. The van der Waals surface area contributed by atoms with Crippen molar-refractivity contribution in [1.29, 1.82) is 0 Å². The zero-order valence-electron chi connectivity index (χ0n) is 9.51. The van der Waals surface area contributed by atoms with Crippen LogP contribution in [0.2, 0.25) is 0 Å². The van der Waals surface area contributed by atoms with Gasteiger partial charge >= 0.3 is 0 Å². The summed E-state index contributed by atoms with van der Waals surface area (Å²) in [5, 5.41) is 3.43. The van der Waals surface area contributed by atoms with Crippen molar-refractivity contribution in [2.75, 3.05) is 19.1 Å². The molecule has 14 heavy (non-hydrogen) atoms. The molecule has 0 saturated carbocycles. The minimum atomic E-state index is 0.614. The van der Waals surface area contributed by atoms with Crippen LogP contribution in [0.1, 0.15) is 38.5 Å². The van der Waals surface area contributed by atoms with E-state index in [0.717, 1.165) is 0 Å². The zero-order valence-corrected chi connectivity index (χ0v) is 10.3. The van der Waals surface area contributed by atoms with Crippen molar-refractivity contribution in [3.05, 3.63) is 11.6 Å². The van der Waals surface area contributed by atoms with Crippen molar-refractivity contribution in [2.45, 2.75) is 44.6 Å². The standard InChI is InChI=1S/C12H23NS/c1-13-12(10-14-2)11-8-6-4-3-5-7-9-11/h8,12-13H,3-7,9-10H2,1-2H3. The number of likely N-dealkylation sites (N-methyl/N-ethyl adjacent to an activating group) is 1. The van der Waals surface area contributed by atoms with E-state index in [1.807, 2.05) is 11.8 Å². The number of nitrogens with one attached hydrogen (secondary N) is 1. The molecule has 1 unspecified atom stereocenters. The highest BCUT2D eigenvalue weighted by Gasteiger charge is 2.12. The van der Waals surface area contributed by atoms with Crippen molar-refractivity contribution in [2.24, 2.45) is 0 Å². The lowest BCUT2D eigenvalue weighted by Crippen LogP contribution is -2.30. The van der Waals surface area contributed by atoms with Gasteiger partial charge in [0.25, 0.3) is 0 Å². The number of thioether (sulfide) groups is 1. The molecule has 0 aromatic carbocycles. The fourth-order valence-electron chi connectivity index (χ4n) is 2.08. The third-order valence-electron chi connectivity index (χ3n) is 2.96. The zero-order chi connectivity index (χ0) is 10.2. The molecule has 0 saturated heterocycles. The molecule has 0 spiro atoms. The van der Waals surface area contributed by atoms with Gasteiger partial charge in [-0.1, -0.05) is 24.5 Å². The van der Waals surface area contributed by atoms with Crippen LogP contribution in [0.5, 0.6) is 0 Å². The molecule has 2 heteroatoms. The Hall–Kier alpha value is 0.0500. The van der Waals surface area contributed by atoms with Crippen LogP contribution in [-0.4, -0.2) is 25.1 Å². The first-order valence-electron chi connectivity index (χ1n) is 5.73. The van der Waals surface area contributed by atoms with Gasteiger partial charge in [-0.15, -0.1) is 0 Å². The van der Waals surface area contributed by atoms with Crippen molar-refractivity contribution < 1.29 is 0 Å². The largest absolute Gasteiger partial charge is 0.313 e. The molecule has 1 aliphatic rings. The Morgan fingerprint density at radius 3 is 2.86 bits per heavy atom. The van der Waals surface area contributed by atoms with Gasteiger partial charge in [0.15, 0.2) is 0 Å². The molecular weight excluding hydrogens is 190 g/mol. The fourth-order valence-corrected chi connectivity index (χ4v) is 2.79. The Morgan fingerprint density at radius 1 is 1.36 bits per heavy atom. The first-order valence-corrected chi connectivity index (χ1v) is 7.13. The molecule has 0 aromatic rings. The van der Waals surface area contributed by atoms with E-state index in [9.17, 15) is 0 Å². The van der Waals surface area contributed by atoms with E-state index in [-0.39, 0.29) is 0 Å². The normalized spacial score (nSPS) is 20.9. The van der Waals surface area contributed by atoms with E-state index in [1.165, 1.54) is 44.3 Å². The molecule has 0 amide bonds. The highest BCUT2D eigenvalue weighted by molar-refractivity contribution is 7.98. The van der Waals surface area contributed by atoms with Gasteiger partial charge in [0, 0.05) is 11.8 Å². The highest BCUT2D eigenvalue weighted by Crippen LogP contribution is 2.20. The lowest BCUT2D eigenvalue weighted by molar-refractivity contribution is 0.583. The topological polar surface area (TPSA) is 12.0 Å². The summed E-state index contributed by atoms with van der Waals surface area (Å²) in [4.78, 5) is 0. The Labute approximate surface area is 92.7 Å². The van der Waals surface area contributed by atoms with Crippen LogP contribution in [0.4, 0.5) is 0 Å². The van der Waals surface area contributed by atoms with Gasteiger partial charge in [-0.25, -0.2) is 0 Å². The molecule has 1 atom stereocenters. The van der Waals surface area contributed by atoms with Gasteiger partial charge in [-0.3, -0.25) is 0 Å². The molecule has 1 nitrogen and oxygen atoms in total. The summed E-state index contributed by atoms with van der Waals surface area (Å²) in [5.41, 5.74) is 1.65. The monoisotopic (exact) mass is 213 g/mol. The summed E-state index contributed by atoms with van der Waals surface area (Å²) in [6, 6.07) is 0.614. The first kappa shape index (κ1) is 12.1. The fraction of sp³-hybridized carbons (Fsp3) is 0.833. The van der Waals surface area contributed by atoms with Crippen molar-refractivity contribution in [3.63, 3.8) is 0 Å². The predicted octanol–water partition coefficient (Wildman–Crippen LogP) is 3.22. The van der Waals surface area contributed by atoms with Gasteiger partial charge < -0.3 is 5.32 Å². The summed E-state index contributed by atoms with van der Waals surface area (Å²) in [5.74, 6) is 1.21. The van der Waals surface area contributed by atoms with Crippen LogP contribution < -0.4 is 5.32 Å². The number of hydrogen-bond acceptors (Lipinski definition) is 2. The van der Waals surface area contributed by atoms with Gasteiger partial charge in [-0.05, 0) is 39.0 Å². The summed E-state index contributed by atoms with van der Waals surface area (Å²) in [7, 11) is 2.08. The molecule has 1 N–H and O–H groups in total. The molecule has 1 aliphatic carbocycles. The molecule has 0 radical (unpaired) electrons. The van der Waals surface area contributed by atoms with E-state index in [0.29, 0.717) is 6.04 Å². The Balaban J connectivity index is 2.51. The maximum Gasteiger partial charge on any atom is 0.0368 e. The highest BCUT2D eigenvalue weighted by atomic mass is 32.2. The Morgan fingerprint density at radius 2 is 2.14 bits per heavy atom. The maximum absolute atomic E-state index is 3.43.